The molecule has 14 heavy (non-hydrogen) atoms. The van der Waals surface area contributed by atoms with Gasteiger partial charge in [0.2, 0.25) is 0 Å². The Morgan fingerprint density at radius 1 is 1.50 bits per heavy atom. The van der Waals surface area contributed by atoms with Crippen molar-refractivity contribution in [1.29, 1.82) is 0 Å². The maximum Gasteiger partial charge on any atom is 0.315 e. The maximum absolute atomic E-state index is 11.0. The van der Waals surface area contributed by atoms with Crippen LogP contribution in [0.1, 0.15) is 17.2 Å². The van der Waals surface area contributed by atoms with Gasteiger partial charge in [-0.3, -0.25) is 0 Å². The lowest BCUT2D eigenvalue weighted by atomic mass is 10.0. The van der Waals surface area contributed by atoms with E-state index in [0.717, 1.165) is 16.1 Å². The van der Waals surface area contributed by atoms with Crippen molar-refractivity contribution >= 4 is 17.6 Å². The summed E-state index contributed by atoms with van der Waals surface area (Å²) < 4.78 is 0. The average Bonchev–Trinajstić information content (AvgIpc) is 2.51. The number of urea groups is 1. The van der Waals surface area contributed by atoms with Gasteiger partial charge >= 0.3 is 6.03 Å². The molecule has 1 heterocycles. The minimum absolute atomic E-state index is 0.0692. The summed E-state index contributed by atoms with van der Waals surface area (Å²) in [5.41, 5.74) is 2.22. The van der Waals surface area contributed by atoms with E-state index < -0.39 is 0 Å². The van der Waals surface area contributed by atoms with E-state index in [2.05, 4.69) is 10.6 Å². The molecule has 0 spiro atoms. The highest BCUT2D eigenvalue weighted by molar-refractivity contribution is 6.30. The Hall–Kier alpha value is -1.22. The number of rotatable bonds is 1. The van der Waals surface area contributed by atoms with Crippen molar-refractivity contribution in [2.75, 3.05) is 6.54 Å². The van der Waals surface area contributed by atoms with Crippen LogP contribution in [-0.2, 0) is 0 Å². The molecule has 2 N–H and O–H groups in total. The molecule has 0 saturated carbocycles. The highest BCUT2D eigenvalue weighted by Crippen LogP contribution is 2.22. The highest BCUT2D eigenvalue weighted by Gasteiger charge is 2.22. The normalized spacial score (nSPS) is 20.4. The molecule has 1 aromatic rings. The van der Waals surface area contributed by atoms with Gasteiger partial charge in [-0.15, -0.1) is 0 Å². The summed E-state index contributed by atoms with van der Waals surface area (Å²) in [7, 11) is 0. The Bertz CT molecular complexity index is 378. The second-order valence-corrected chi connectivity index (χ2v) is 3.84. The van der Waals surface area contributed by atoms with Crippen molar-refractivity contribution in [2.24, 2.45) is 0 Å². The second kappa shape index (κ2) is 3.50. The first-order valence-electron chi connectivity index (χ1n) is 4.47. The molecule has 1 atom stereocenters. The summed E-state index contributed by atoms with van der Waals surface area (Å²) in [5, 5.41) is 6.29. The predicted octanol–water partition coefficient (Wildman–Crippen LogP) is 2.00. The van der Waals surface area contributed by atoms with E-state index in [1.807, 2.05) is 25.1 Å². The van der Waals surface area contributed by atoms with E-state index in [1.54, 1.807) is 0 Å². The lowest BCUT2D eigenvalue weighted by Crippen LogP contribution is -2.22. The first-order chi connectivity index (χ1) is 6.66. The first-order valence-corrected chi connectivity index (χ1v) is 4.85. The number of carbonyl (C=O) groups excluding carboxylic acids is 1. The number of aryl methyl sites for hydroxylation is 1. The van der Waals surface area contributed by atoms with Gasteiger partial charge in [-0.05, 0) is 30.2 Å². The smallest absolute Gasteiger partial charge is 0.315 e. The number of halogens is 1. The van der Waals surface area contributed by atoms with Crippen LogP contribution >= 0.6 is 11.6 Å². The Kier molecular flexibility index (Phi) is 2.33. The predicted molar refractivity (Wildman–Crippen MR) is 55.5 cm³/mol. The molecule has 4 heteroatoms. The molecular formula is C10H11ClN2O. The Morgan fingerprint density at radius 2 is 2.29 bits per heavy atom. The van der Waals surface area contributed by atoms with E-state index in [4.69, 9.17) is 11.6 Å². The van der Waals surface area contributed by atoms with Gasteiger partial charge in [-0.1, -0.05) is 17.7 Å². The van der Waals surface area contributed by atoms with Crippen molar-refractivity contribution in [3.05, 3.63) is 34.3 Å². The molecule has 0 bridgehead atoms. The van der Waals surface area contributed by atoms with Crippen LogP contribution in [0, 0.1) is 6.92 Å². The summed E-state index contributed by atoms with van der Waals surface area (Å²) in [5.74, 6) is 0. The molecular weight excluding hydrogens is 200 g/mol. The fourth-order valence-corrected chi connectivity index (χ4v) is 1.90. The summed E-state index contributed by atoms with van der Waals surface area (Å²) in [6.07, 6.45) is 0. The van der Waals surface area contributed by atoms with Crippen LogP contribution in [0.3, 0.4) is 0 Å². The van der Waals surface area contributed by atoms with Crippen molar-refractivity contribution < 1.29 is 4.79 Å². The molecule has 2 rings (SSSR count). The van der Waals surface area contributed by atoms with Crippen molar-refractivity contribution in [3.63, 3.8) is 0 Å². The van der Waals surface area contributed by atoms with Crippen molar-refractivity contribution in [3.8, 4) is 0 Å². The largest absolute Gasteiger partial charge is 0.336 e. The minimum atomic E-state index is -0.107. The van der Waals surface area contributed by atoms with Crippen LogP contribution < -0.4 is 10.6 Å². The molecule has 0 aromatic heterocycles. The monoisotopic (exact) mass is 210 g/mol. The van der Waals surface area contributed by atoms with Crippen LogP contribution in [0.5, 0.6) is 0 Å². The molecule has 1 aliphatic heterocycles. The standard InChI is InChI=1S/C10H11ClN2O/c1-6-4-7(11)2-3-8(6)9-5-12-10(14)13-9/h2-4,9H,5H2,1H3,(H2,12,13,14)/t9-/m1/s1. The van der Waals surface area contributed by atoms with Crippen LogP contribution in [0.15, 0.2) is 18.2 Å². The van der Waals surface area contributed by atoms with Gasteiger partial charge in [0.25, 0.3) is 0 Å². The Morgan fingerprint density at radius 3 is 2.86 bits per heavy atom. The zero-order valence-corrected chi connectivity index (χ0v) is 8.56. The topological polar surface area (TPSA) is 41.1 Å². The van der Waals surface area contributed by atoms with Gasteiger partial charge in [0.15, 0.2) is 0 Å². The summed E-state index contributed by atoms with van der Waals surface area (Å²) >= 11 is 5.85. The van der Waals surface area contributed by atoms with E-state index in [-0.39, 0.29) is 12.1 Å². The lowest BCUT2D eigenvalue weighted by molar-refractivity contribution is 0.247. The van der Waals surface area contributed by atoms with Crippen molar-refractivity contribution in [1.82, 2.24) is 10.6 Å². The van der Waals surface area contributed by atoms with Crippen LogP contribution in [-0.4, -0.2) is 12.6 Å². The van der Waals surface area contributed by atoms with E-state index in [0.29, 0.717) is 6.54 Å². The molecule has 0 radical (unpaired) electrons. The lowest BCUT2D eigenvalue weighted by Gasteiger charge is -2.12. The number of hydrogen-bond acceptors (Lipinski definition) is 1. The Labute approximate surface area is 87.4 Å². The van der Waals surface area contributed by atoms with Gasteiger partial charge in [0.05, 0.1) is 6.04 Å². The highest BCUT2D eigenvalue weighted by atomic mass is 35.5. The number of carbonyl (C=O) groups is 1. The molecule has 0 aliphatic carbocycles. The van der Waals surface area contributed by atoms with Crippen LogP contribution in [0.25, 0.3) is 0 Å². The van der Waals surface area contributed by atoms with Gasteiger partial charge in [-0.25, -0.2) is 4.79 Å². The van der Waals surface area contributed by atoms with E-state index in [1.165, 1.54) is 0 Å². The SMILES string of the molecule is Cc1cc(Cl)ccc1[C@H]1CNC(=O)N1. The van der Waals surface area contributed by atoms with Gasteiger partial charge in [0.1, 0.15) is 0 Å². The van der Waals surface area contributed by atoms with E-state index in [9.17, 15) is 4.79 Å². The molecule has 1 aliphatic rings. The summed E-state index contributed by atoms with van der Waals surface area (Å²) in [6, 6.07) is 5.66. The summed E-state index contributed by atoms with van der Waals surface area (Å²) in [6.45, 7) is 2.63. The average molecular weight is 211 g/mol. The molecule has 0 unspecified atom stereocenters. The number of nitrogens with one attached hydrogen (secondary N) is 2. The number of amides is 2. The van der Waals surface area contributed by atoms with Gasteiger partial charge in [0, 0.05) is 11.6 Å². The molecule has 1 saturated heterocycles. The fourth-order valence-electron chi connectivity index (χ4n) is 1.67. The minimum Gasteiger partial charge on any atom is -0.336 e. The number of hydrogen-bond donors (Lipinski definition) is 2. The summed E-state index contributed by atoms with van der Waals surface area (Å²) in [4.78, 5) is 11.0. The first kappa shape index (κ1) is 9.34. The molecule has 2 amide bonds. The maximum atomic E-state index is 11.0. The van der Waals surface area contributed by atoms with Crippen molar-refractivity contribution in [2.45, 2.75) is 13.0 Å². The zero-order chi connectivity index (χ0) is 10.1. The second-order valence-electron chi connectivity index (χ2n) is 3.41. The quantitative estimate of drug-likeness (QED) is 0.732. The third-order valence-electron chi connectivity index (χ3n) is 2.38. The van der Waals surface area contributed by atoms with Crippen LogP contribution in [0.2, 0.25) is 5.02 Å². The molecule has 74 valence electrons. The van der Waals surface area contributed by atoms with Crippen LogP contribution in [0.4, 0.5) is 4.79 Å². The van der Waals surface area contributed by atoms with Gasteiger partial charge in [-0.2, -0.15) is 0 Å². The van der Waals surface area contributed by atoms with Gasteiger partial charge < -0.3 is 10.6 Å². The molecule has 3 nitrogen and oxygen atoms in total. The number of benzene rings is 1. The van der Waals surface area contributed by atoms with E-state index >= 15 is 0 Å². The molecule has 1 aromatic carbocycles. The molecule has 1 fully saturated rings. The zero-order valence-electron chi connectivity index (χ0n) is 7.80. The fraction of sp³-hybridized carbons (Fsp3) is 0.300. The Balaban J connectivity index is 2.28. The third-order valence-corrected chi connectivity index (χ3v) is 2.61. The third kappa shape index (κ3) is 1.68.